The van der Waals surface area contributed by atoms with Crippen molar-refractivity contribution in [3.05, 3.63) is 63.5 Å². The van der Waals surface area contributed by atoms with Crippen molar-refractivity contribution in [1.82, 2.24) is 9.55 Å². The standard InChI is InChI=1S/C20H18ClF2N3O/c1-20(22,23)12-9-10-14-17(11-12)26(16-8-3-2-7-15(16)21)19(27)25-18(14)24-13-5-4-6-13/h2-3,7-11,13H,4-6H2,1H3,(H,24,25,27). The molecular formula is C20H18ClF2N3O. The van der Waals surface area contributed by atoms with E-state index in [0.717, 1.165) is 26.2 Å². The minimum atomic E-state index is -3.03. The molecule has 0 spiro atoms. The van der Waals surface area contributed by atoms with Crippen LogP contribution in [0.4, 0.5) is 14.6 Å². The van der Waals surface area contributed by atoms with Gasteiger partial charge in [0.05, 0.1) is 16.2 Å². The van der Waals surface area contributed by atoms with Crippen molar-refractivity contribution in [2.45, 2.75) is 38.2 Å². The molecule has 140 valence electrons. The number of alkyl halides is 2. The summed E-state index contributed by atoms with van der Waals surface area (Å²) in [6.45, 7) is 0.834. The van der Waals surface area contributed by atoms with E-state index in [9.17, 15) is 13.6 Å². The molecule has 0 aliphatic heterocycles. The highest BCUT2D eigenvalue weighted by atomic mass is 35.5. The maximum absolute atomic E-state index is 13.9. The highest BCUT2D eigenvalue weighted by Gasteiger charge is 2.26. The van der Waals surface area contributed by atoms with E-state index < -0.39 is 11.6 Å². The topological polar surface area (TPSA) is 46.9 Å². The molecule has 1 saturated carbocycles. The SMILES string of the molecule is CC(F)(F)c1ccc2c(NC3CCC3)nc(=O)n(-c3ccccc3Cl)c2c1. The van der Waals surface area contributed by atoms with Gasteiger partial charge in [0.15, 0.2) is 0 Å². The van der Waals surface area contributed by atoms with Crippen LogP contribution in [0.25, 0.3) is 16.6 Å². The summed E-state index contributed by atoms with van der Waals surface area (Å²) in [5, 5.41) is 4.22. The first-order valence-corrected chi connectivity index (χ1v) is 9.19. The number of halogens is 3. The number of nitrogens with zero attached hydrogens (tertiary/aromatic N) is 2. The number of nitrogens with one attached hydrogen (secondary N) is 1. The molecule has 0 bridgehead atoms. The monoisotopic (exact) mass is 389 g/mol. The van der Waals surface area contributed by atoms with E-state index in [-0.39, 0.29) is 11.6 Å². The molecule has 0 unspecified atom stereocenters. The molecule has 1 aliphatic rings. The van der Waals surface area contributed by atoms with Gasteiger partial charge in [0.2, 0.25) is 0 Å². The minimum absolute atomic E-state index is 0.170. The molecule has 0 saturated heterocycles. The van der Waals surface area contributed by atoms with Gasteiger partial charge in [-0.05, 0) is 43.5 Å². The fraction of sp³-hybridized carbons (Fsp3) is 0.300. The van der Waals surface area contributed by atoms with E-state index in [2.05, 4.69) is 10.3 Å². The van der Waals surface area contributed by atoms with Crippen LogP contribution in [-0.2, 0) is 5.92 Å². The largest absolute Gasteiger partial charge is 0.367 e. The normalized spacial score (nSPS) is 15.0. The fourth-order valence-corrected chi connectivity index (χ4v) is 3.44. The van der Waals surface area contributed by atoms with E-state index >= 15 is 0 Å². The second-order valence-electron chi connectivity index (χ2n) is 6.92. The Bertz CT molecular complexity index is 1070. The summed E-state index contributed by atoms with van der Waals surface area (Å²) in [6, 6.07) is 11.3. The molecule has 1 heterocycles. The number of anilines is 1. The molecule has 1 aromatic heterocycles. The number of aromatic nitrogens is 2. The third-order valence-corrected chi connectivity index (χ3v) is 5.26. The van der Waals surface area contributed by atoms with E-state index in [1.165, 1.54) is 16.7 Å². The highest BCUT2D eigenvalue weighted by molar-refractivity contribution is 6.32. The quantitative estimate of drug-likeness (QED) is 0.674. The van der Waals surface area contributed by atoms with Gasteiger partial charge in [0.1, 0.15) is 5.82 Å². The third kappa shape index (κ3) is 3.30. The Balaban J connectivity index is 2.01. The van der Waals surface area contributed by atoms with Gasteiger partial charge in [-0.25, -0.2) is 13.6 Å². The second-order valence-corrected chi connectivity index (χ2v) is 7.33. The molecule has 4 nitrogen and oxygen atoms in total. The third-order valence-electron chi connectivity index (χ3n) is 4.94. The fourth-order valence-electron chi connectivity index (χ4n) is 3.22. The number of hydrogen-bond acceptors (Lipinski definition) is 3. The van der Waals surface area contributed by atoms with Crippen molar-refractivity contribution in [2.24, 2.45) is 0 Å². The first kappa shape index (κ1) is 17.9. The Morgan fingerprint density at radius 2 is 1.96 bits per heavy atom. The van der Waals surface area contributed by atoms with Crippen LogP contribution in [-0.4, -0.2) is 15.6 Å². The van der Waals surface area contributed by atoms with Crippen molar-refractivity contribution in [3.8, 4) is 5.69 Å². The number of benzene rings is 2. The predicted molar refractivity (Wildman–Crippen MR) is 103 cm³/mol. The van der Waals surface area contributed by atoms with Crippen LogP contribution in [0.5, 0.6) is 0 Å². The molecule has 1 fully saturated rings. The Kier molecular flexibility index (Phi) is 4.38. The lowest BCUT2D eigenvalue weighted by molar-refractivity contribution is 0.0176. The van der Waals surface area contributed by atoms with Gasteiger partial charge < -0.3 is 5.32 Å². The lowest BCUT2D eigenvalue weighted by Gasteiger charge is -2.27. The molecule has 4 rings (SSSR count). The number of rotatable bonds is 4. The number of hydrogen-bond donors (Lipinski definition) is 1. The summed E-state index contributed by atoms with van der Waals surface area (Å²) >= 11 is 6.27. The van der Waals surface area contributed by atoms with Crippen LogP contribution < -0.4 is 11.0 Å². The van der Waals surface area contributed by atoms with Crippen LogP contribution in [0, 0.1) is 0 Å². The lowest BCUT2D eigenvalue weighted by Crippen LogP contribution is -2.30. The first-order valence-electron chi connectivity index (χ1n) is 8.81. The van der Waals surface area contributed by atoms with Crippen molar-refractivity contribution < 1.29 is 8.78 Å². The Hall–Kier alpha value is -2.47. The van der Waals surface area contributed by atoms with Crippen LogP contribution in [0.2, 0.25) is 5.02 Å². The molecular weight excluding hydrogens is 372 g/mol. The van der Waals surface area contributed by atoms with Crippen LogP contribution in [0.15, 0.2) is 47.3 Å². The lowest BCUT2D eigenvalue weighted by atomic mass is 9.93. The summed E-state index contributed by atoms with van der Waals surface area (Å²) in [5.41, 5.74) is 0.0300. The van der Waals surface area contributed by atoms with E-state index in [1.54, 1.807) is 30.3 Å². The smallest absolute Gasteiger partial charge is 0.354 e. The van der Waals surface area contributed by atoms with Crippen molar-refractivity contribution in [2.75, 3.05) is 5.32 Å². The summed E-state index contributed by atoms with van der Waals surface area (Å²) in [6.07, 6.45) is 3.13. The summed E-state index contributed by atoms with van der Waals surface area (Å²) in [4.78, 5) is 17.0. The average molecular weight is 390 g/mol. The van der Waals surface area contributed by atoms with Gasteiger partial charge in [0, 0.05) is 23.9 Å². The van der Waals surface area contributed by atoms with Crippen LogP contribution in [0.3, 0.4) is 0 Å². The average Bonchev–Trinajstić information content (AvgIpc) is 2.58. The zero-order valence-corrected chi connectivity index (χ0v) is 15.4. The highest BCUT2D eigenvalue weighted by Crippen LogP contribution is 2.33. The van der Waals surface area contributed by atoms with Gasteiger partial charge in [-0.15, -0.1) is 0 Å². The van der Waals surface area contributed by atoms with Crippen LogP contribution >= 0.6 is 11.6 Å². The Morgan fingerprint density at radius 1 is 1.22 bits per heavy atom. The van der Waals surface area contributed by atoms with Crippen molar-refractivity contribution >= 4 is 28.3 Å². The van der Waals surface area contributed by atoms with Crippen LogP contribution in [0.1, 0.15) is 31.7 Å². The van der Waals surface area contributed by atoms with Crippen molar-refractivity contribution in [1.29, 1.82) is 0 Å². The van der Waals surface area contributed by atoms with E-state index in [4.69, 9.17) is 11.6 Å². The molecule has 0 radical (unpaired) electrons. The van der Waals surface area contributed by atoms with Gasteiger partial charge in [0.25, 0.3) is 5.92 Å². The molecule has 0 atom stereocenters. The van der Waals surface area contributed by atoms with E-state index in [1.807, 2.05) is 0 Å². The first-order chi connectivity index (χ1) is 12.8. The number of fused-ring (bicyclic) bond motifs is 1. The summed E-state index contributed by atoms with van der Waals surface area (Å²) in [7, 11) is 0. The maximum atomic E-state index is 13.9. The van der Waals surface area contributed by atoms with Gasteiger partial charge in [-0.3, -0.25) is 4.57 Å². The second kappa shape index (κ2) is 6.60. The molecule has 7 heteroatoms. The molecule has 0 amide bonds. The molecule has 3 aromatic rings. The molecule has 27 heavy (non-hydrogen) atoms. The maximum Gasteiger partial charge on any atom is 0.354 e. The van der Waals surface area contributed by atoms with Crippen molar-refractivity contribution in [3.63, 3.8) is 0 Å². The Labute approximate surface area is 159 Å². The zero-order chi connectivity index (χ0) is 19.2. The van der Waals surface area contributed by atoms with Gasteiger partial charge in [-0.2, -0.15) is 4.98 Å². The summed E-state index contributed by atoms with van der Waals surface area (Å²) < 4.78 is 29.1. The molecule has 1 N–H and O–H groups in total. The Morgan fingerprint density at radius 3 is 2.59 bits per heavy atom. The minimum Gasteiger partial charge on any atom is -0.367 e. The predicted octanol–water partition coefficient (Wildman–Crippen LogP) is 5.12. The zero-order valence-electron chi connectivity index (χ0n) is 14.7. The van der Waals surface area contributed by atoms with Gasteiger partial charge >= 0.3 is 5.69 Å². The number of para-hydroxylation sites is 1. The molecule has 1 aliphatic carbocycles. The molecule has 2 aromatic carbocycles. The van der Waals surface area contributed by atoms with E-state index in [0.29, 0.717) is 27.4 Å². The van der Waals surface area contributed by atoms with Gasteiger partial charge in [-0.1, -0.05) is 29.8 Å². The summed E-state index contributed by atoms with van der Waals surface area (Å²) in [5.74, 6) is -2.60.